The maximum absolute atomic E-state index is 11.1. The maximum atomic E-state index is 11.1. The second kappa shape index (κ2) is 4.86. The van der Waals surface area contributed by atoms with Gasteiger partial charge in [-0.25, -0.2) is 0 Å². The summed E-state index contributed by atoms with van der Waals surface area (Å²) >= 11 is 0. The summed E-state index contributed by atoms with van der Waals surface area (Å²) in [6.45, 7) is 3.35. The highest BCUT2D eigenvalue weighted by molar-refractivity contribution is 5.79. The van der Waals surface area contributed by atoms with Crippen LogP contribution in [0, 0.1) is 0 Å². The summed E-state index contributed by atoms with van der Waals surface area (Å²) in [4.78, 5) is 19.2. The average molecular weight is 236 g/mol. The van der Waals surface area contributed by atoms with Crippen molar-refractivity contribution in [3.63, 3.8) is 0 Å². The van der Waals surface area contributed by atoms with Gasteiger partial charge in [-0.3, -0.25) is 4.79 Å². The Morgan fingerprint density at radius 3 is 2.94 bits per heavy atom. The van der Waals surface area contributed by atoms with Crippen LogP contribution in [0.2, 0.25) is 0 Å². The largest absolute Gasteiger partial charge is 0.370 e. The number of nitrogens with zero attached hydrogens (tertiary/aromatic N) is 2. The molecule has 1 saturated heterocycles. The first kappa shape index (κ1) is 11.4. The quantitative estimate of drug-likeness (QED) is 0.576. The summed E-state index contributed by atoms with van der Waals surface area (Å²) in [7, 11) is 0. The van der Waals surface area contributed by atoms with Crippen LogP contribution in [0.4, 0.5) is 17.6 Å². The van der Waals surface area contributed by atoms with Crippen LogP contribution in [0.5, 0.6) is 0 Å². The third-order valence-corrected chi connectivity index (χ3v) is 2.43. The molecule has 1 fully saturated rings. The minimum Gasteiger partial charge on any atom is -0.370 e. The number of hydrogen-bond donors (Lipinski definition) is 4. The highest BCUT2D eigenvalue weighted by atomic mass is 16.1. The van der Waals surface area contributed by atoms with Crippen LogP contribution in [-0.2, 0) is 4.79 Å². The molecule has 17 heavy (non-hydrogen) atoms. The fourth-order valence-electron chi connectivity index (χ4n) is 1.73. The van der Waals surface area contributed by atoms with Crippen LogP contribution in [-0.4, -0.2) is 35.0 Å². The van der Waals surface area contributed by atoms with Gasteiger partial charge in [-0.15, -0.1) is 0 Å². The molecule has 0 aromatic carbocycles. The number of nitrogen functional groups attached to an aromatic ring is 1. The first-order chi connectivity index (χ1) is 8.17. The molecule has 7 nitrogen and oxygen atoms in total. The summed E-state index contributed by atoms with van der Waals surface area (Å²) in [6.07, 6.45) is 0.459. The smallest absolute Gasteiger partial charge is 0.223 e. The molecule has 1 aliphatic rings. The monoisotopic (exact) mass is 236 g/mol. The number of carbonyl (C=O) groups is 1. The Morgan fingerprint density at radius 2 is 2.29 bits per heavy atom. The van der Waals surface area contributed by atoms with Crippen LogP contribution >= 0.6 is 0 Å². The van der Waals surface area contributed by atoms with E-state index in [-0.39, 0.29) is 17.9 Å². The molecule has 1 amide bonds. The van der Waals surface area contributed by atoms with E-state index >= 15 is 0 Å². The lowest BCUT2D eigenvalue weighted by molar-refractivity contribution is -0.119. The number of hydrogen-bond acceptors (Lipinski definition) is 6. The van der Waals surface area contributed by atoms with E-state index in [1.165, 1.54) is 0 Å². The molecule has 1 aromatic heterocycles. The van der Waals surface area contributed by atoms with Gasteiger partial charge in [-0.2, -0.15) is 9.97 Å². The van der Waals surface area contributed by atoms with Crippen LogP contribution < -0.4 is 21.7 Å². The molecule has 2 rings (SSSR count). The predicted octanol–water partition coefficient (Wildman–Crippen LogP) is -0.209. The third-order valence-electron chi connectivity index (χ3n) is 2.43. The van der Waals surface area contributed by atoms with Gasteiger partial charge in [0, 0.05) is 25.6 Å². The van der Waals surface area contributed by atoms with E-state index in [2.05, 4.69) is 25.9 Å². The van der Waals surface area contributed by atoms with E-state index in [0.29, 0.717) is 24.6 Å². The van der Waals surface area contributed by atoms with Crippen molar-refractivity contribution >= 4 is 23.5 Å². The molecule has 92 valence electrons. The number of carbonyl (C=O) groups excluding carboxylic acids is 1. The topological polar surface area (TPSA) is 105 Å². The number of amides is 1. The Hall–Kier alpha value is -2.05. The first-order valence-electron chi connectivity index (χ1n) is 5.59. The lowest BCUT2D eigenvalue weighted by Gasteiger charge is -2.12. The second-order valence-electron chi connectivity index (χ2n) is 3.88. The van der Waals surface area contributed by atoms with Crippen molar-refractivity contribution in [2.24, 2.45) is 0 Å². The van der Waals surface area contributed by atoms with Gasteiger partial charge < -0.3 is 21.7 Å². The first-order valence-corrected chi connectivity index (χ1v) is 5.59. The Bertz CT molecular complexity index is 421. The maximum Gasteiger partial charge on any atom is 0.223 e. The average Bonchev–Trinajstić information content (AvgIpc) is 2.63. The Morgan fingerprint density at radius 1 is 1.53 bits per heavy atom. The normalized spacial score (nSPS) is 18.9. The zero-order valence-electron chi connectivity index (χ0n) is 9.66. The summed E-state index contributed by atoms with van der Waals surface area (Å²) in [5.74, 6) is 1.58. The van der Waals surface area contributed by atoms with Gasteiger partial charge in [0.1, 0.15) is 11.6 Å². The van der Waals surface area contributed by atoms with Crippen LogP contribution in [0.15, 0.2) is 6.07 Å². The highest BCUT2D eigenvalue weighted by Gasteiger charge is 2.21. The van der Waals surface area contributed by atoms with E-state index < -0.39 is 0 Å². The van der Waals surface area contributed by atoms with Gasteiger partial charge in [0.25, 0.3) is 0 Å². The van der Waals surface area contributed by atoms with Gasteiger partial charge in [-0.05, 0) is 6.92 Å². The molecule has 0 saturated carbocycles. The molecule has 0 bridgehead atoms. The molecule has 1 unspecified atom stereocenters. The number of rotatable bonds is 4. The molecule has 0 spiro atoms. The van der Waals surface area contributed by atoms with Gasteiger partial charge in [0.15, 0.2) is 0 Å². The SMILES string of the molecule is CCNc1cc(NC2CNC(=O)C2)nc(N)n1. The van der Waals surface area contributed by atoms with Crippen LogP contribution in [0.3, 0.4) is 0 Å². The second-order valence-corrected chi connectivity index (χ2v) is 3.88. The number of aromatic nitrogens is 2. The Kier molecular flexibility index (Phi) is 3.27. The fourth-order valence-corrected chi connectivity index (χ4v) is 1.73. The van der Waals surface area contributed by atoms with Crippen molar-refractivity contribution in [1.82, 2.24) is 15.3 Å². The van der Waals surface area contributed by atoms with Gasteiger partial charge in [0.05, 0.1) is 6.04 Å². The summed E-state index contributed by atoms with van der Waals surface area (Å²) in [6, 6.07) is 1.84. The van der Waals surface area contributed by atoms with E-state index in [1.54, 1.807) is 6.07 Å². The fraction of sp³-hybridized carbons (Fsp3) is 0.500. The number of anilines is 3. The third kappa shape index (κ3) is 2.96. The van der Waals surface area contributed by atoms with Gasteiger partial charge in [-0.1, -0.05) is 0 Å². The molecular formula is C10H16N6O. The van der Waals surface area contributed by atoms with Gasteiger partial charge in [0.2, 0.25) is 11.9 Å². The van der Waals surface area contributed by atoms with Crippen LogP contribution in [0.1, 0.15) is 13.3 Å². The van der Waals surface area contributed by atoms with Crippen molar-refractivity contribution in [1.29, 1.82) is 0 Å². The van der Waals surface area contributed by atoms with Gasteiger partial charge >= 0.3 is 0 Å². The number of nitrogens with one attached hydrogen (secondary N) is 3. The van der Waals surface area contributed by atoms with Crippen molar-refractivity contribution in [3.8, 4) is 0 Å². The molecule has 2 heterocycles. The molecule has 0 aliphatic carbocycles. The molecule has 1 atom stereocenters. The molecule has 0 radical (unpaired) electrons. The lowest BCUT2D eigenvalue weighted by atomic mass is 10.2. The van der Waals surface area contributed by atoms with E-state index in [1.807, 2.05) is 6.92 Å². The minimum atomic E-state index is 0.0523. The number of nitrogens with two attached hydrogens (primary N) is 1. The standard InChI is InChI=1S/C10H16N6O/c1-2-12-7-4-8(16-10(11)15-7)14-6-3-9(17)13-5-6/h4,6H,2-3,5H2,1H3,(H,13,17)(H4,11,12,14,15,16). The Labute approximate surface area is 99.2 Å². The Balaban J connectivity index is 2.07. The summed E-state index contributed by atoms with van der Waals surface area (Å²) in [5.41, 5.74) is 5.61. The highest BCUT2D eigenvalue weighted by Crippen LogP contribution is 2.15. The van der Waals surface area contributed by atoms with Crippen LogP contribution in [0.25, 0.3) is 0 Å². The zero-order chi connectivity index (χ0) is 12.3. The summed E-state index contributed by atoms with van der Waals surface area (Å²) < 4.78 is 0. The molecule has 1 aromatic rings. The van der Waals surface area contributed by atoms with Crippen molar-refractivity contribution in [3.05, 3.63) is 6.07 Å². The minimum absolute atomic E-state index is 0.0523. The molecular weight excluding hydrogens is 220 g/mol. The molecule has 5 N–H and O–H groups in total. The molecule has 7 heteroatoms. The van der Waals surface area contributed by atoms with Crippen molar-refractivity contribution in [2.75, 3.05) is 29.5 Å². The van der Waals surface area contributed by atoms with E-state index in [4.69, 9.17) is 5.73 Å². The zero-order valence-corrected chi connectivity index (χ0v) is 9.66. The van der Waals surface area contributed by atoms with E-state index in [9.17, 15) is 4.79 Å². The molecule has 1 aliphatic heterocycles. The summed E-state index contributed by atoms with van der Waals surface area (Å²) in [5, 5.41) is 8.98. The van der Waals surface area contributed by atoms with Crippen molar-refractivity contribution in [2.45, 2.75) is 19.4 Å². The predicted molar refractivity (Wildman–Crippen MR) is 65.6 cm³/mol. The van der Waals surface area contributed by atoms with Crippen molar-refractivity contribution < 1.29 is 4.79 Å². The lowest BCUT2D eigenvalue weighted by Crippen LogP contribution is -2.23. The van der Waals surface area contributed by atoms with E-state index in [0.717, 1.165) is 6.54 Å².